The van der Waals surface area contributed by atoms with Crippen molar-refractivity contribution in [2.45, 2.75) is 26.5 Å². The zero-order valence-corrected chi connectivity index (χ0v) is 24.8. The molecule has 1 amide bonds. The number of para-hydroxylation sites is 1. The molecule has 8 heteroatoms. The number of amidine groups is 1. The zero-order chi connectivity index (χ0) is 29.3. The Morgan fingerprint density at radius 3 is 2.57 bits per heavy atom. The predicted octanol–water partition coefficient (Wildman–Crippen LogP) is 8.25. The minimum Gasteiger partial charge on any atom is -0.490 e. The van der Waals surface area contributed by atoms with Crippen molar-refractivity contribution in [3.63, 3.8) is 0 Å². The fourth-order valence-corrected chi connectivity index (χ4v) is 5.62. The van der Waals surface area contributed by atoms with Crippen LogP contribution in [0.5, 0.6) is 11.5 Å². The number of hydrogen-bond donors (Lipinski definition) is 0. The van der Waals surface area contributed by atoms with Gasteiger partial charge in [0.2, 0.25) is 0 Å². The van der Waals surface area contributed by atoms with Gasteiger partial charge in [-0.15, -0.1) is 6.58 Å². The van der Waals surface area contributed by atoms with Gasteiger partial charge in [-0.25, -0.2) is 4.99 Å². The van der Waals surface area contributed by atoms with Crippen molar-refractivity contribution in [2.75, 3.05) is 6.61 Å². The maximum absolute atomic E-state index is 13.7. The van der Waals surface area contributed by atoms with E-state index in [4.69, 9.17) is 26.1 Å². The van der Waals surface area contributed by atoms with Gasteiger partial charge in [0, 0.05) is 28.5 Å². The number of halogens is 1. The minimum atomic E-state index is -0.124. The van der Waals surface area contributed by atoms with Crippen LogP contribution < -0.4 is 9.47 Å². The lowest BCUT2D eigenvalue weighted by Gasteiger charge is -2.17. The van der Waals surface area contributed by atoms with Crippen LogP contribution in [0.3, 0.4) is 0 Å². The van der Waals surface area contributed by atoms with Crippen LogP contribution >= 0.6 is 23.4 Å². The highest BCUT2D eigenvalue weighted by atomic mass is 35.5. The number of carbonyl (C=O) groups excluding carboxylic acids is 1. The van der Waals surface area contributed by atoms with E-state index in [1.807, 2.05) is 97.9 Å². The molecule has 0 atom stereocenters. The first kappa shape index (κ1) is 29.2. The van der Waals surface area contributed by atoms with Crippen LogP contribution in [-0.4, -0.2) is 27.6 Å². The summed E-state index contributed by atoms with van der Waals surface area (Å²) < 4.78 is 12.3. The third-order valence-corrected chi connectivity index (χ3v) is 7.75. The van der Waals surface area contributed by atoms with Crippen molar-refractivity contribution in [3.8, 4) is 11.5 Å². The molecule has 1 saturated heterocycles. The molecule has 1 fully saturated rings. The molecule has 1 aliphatic rings. The first-order valence-electron chi connectivity index (χ1n) is 13.6. The molecular weight excluding hydrogens is 566 g/mol. The smallest absolute Gasteiger partial charge is 0.267 e. The van der Waals surface area contributed by atoms with Gasteiger partial charge in [0.05, 0.1) is 23.7 Å². The third kappa shape index (κ3) is 7.11. The van der Waals surface area contributed by atoms with Crippen LogP contribution in [0.1, 0.15) is 29.2 Å². The molecule has 1 aliphatic heterocycles. The summed E-state index contributed by atoms with van der Waals surface area (Å²) in [5.41, 5.74) is 4.29. The first-order valence-corrected chi connectivity index (χ1v) is 14.8. The molecule has 1 aromatic heterocycles. The summed E-state index contributed by atoms with van der Waals surface area (Å²) >= 11 is 7.71. The molecule has 5 rings (SSSR count). The Morgan fingerprint density at radius 2 is 1.83 bits per heavy atom. The van der Waals surface area contributed by atoms with Crippen LogP contribution in [-0.2, 0) is 24.4 Å². The number of nitrogens with zero attached hydrogens (tertiary/aromatic N) is 3. The number of aromatic nitrogens is 1. The van der Waals surface area contributed by atoms with Crippen LogP contribution in [0.15, 0.2) is 114 Å². The van der Waals surface area contributed by atoms with Crippen LogP contribution in [0, 0.1) is 0 Å². The Kier molecular flexibility index (Phi) is 9.74. The zero-order valence-electron chi connectivity index (χ0n) is 23.2. The van der Waals surface area contributed by atoms with E-state index >= 15 is 0 Å². The van der Waals surface area contributed by atoms with E-state index in [9.17, 15) is 4.79 Å². The molecule has 0 unspecified atom stereocenters. The number of benzene rings is 3. The Hall–Kier alpha value is -4.33. The molecule has 212 valence electrons. The fraction of sp³-hybridized carbons (Fsp3) is 0.147. The van der Waals surface area contributed by atoms with Crippen LogP contribution in [0.4, 0.5) is 5.69 Å². The van der Waals surface area contributed by atoms with Gasteiger partial charge in [-0.3, -0.25) is 14.7 Å². The number of aliphatic imine (C=N–C) groups is 1. The number of ether oxygens (including phenoxy) is 2. The molecule has 0 saturated carbocycles. The van der Waals surface area contributed by atoms with Gasteiger partial charge in [-0.05, 0) is 78.7 Å². The predicted molar refractivity (Wildman–Crippen MR) is 171 cm³/mol. The van der Waals surface area contributed by atoms with Gasteiger partial charge in [0.1, 0.15) is 6.61 Å². The Labute approximate surface area is 255 Å². The van der Waals surface area contributed by atoms with Crippen molar-refractivity contribution in [3.05, 3.63) is 136 Å². The van der Waals surface area contributed by atoms with Gasteiger partial charge < -0.3 is 9.47 Å². The SMILES string of the molecule is C=CCc1cc(C=C2SC(=Nc3ccccc3)N(Cc3cccnc3)C2=O)cc(OCC)c1OCc1ccccc1Cl. The molecular formula is C34H30ClN3O3S. The topological polar surface area (TPSA) is 64.0 Å². The van der Waals surface area contributed by atoms with Crippen molar-refractivity contribution in [2.24, 2.45) is 4.99 Å². The number of thioether (sulfide) groups is 1. The molecule has 0 aliphatic carbocycles. The molecule has 6 nitrogen and oxygen atoms in total. The van der Waals surface area contributed by atoms with E-state index in [0.29, 0.717) is 52.8 Å². The number of hydrogen-bond acceptors (Lipinski definition) is 6. The monoisotopic (exact) mass is 595 g/mol. The van der Waals surface area contributed by atoms with Crippen LogP contribution in [0.2, 0.25) is 5.02 Å². The van der Waals surface area contributed by atoms with Crippen molar-refractivity contribution in [1.82, 2.24) is 9.88 Å². The van der Waals surface area contributed by atoms with Crippen molar-refractivity contribution in [1.29, 1.82) is 0 Å². The van der Waals surface area contributed by atoms with Gasteiger partial charge in [-0.1, -0.05) is 60.1 Å². The lowest BCUT2D eigenvalue weighted by atomic mass is 10.0. The summed E-state index contributed by atoms with van der Waals surface area (Å²) in [5.74, 6) is 1.10. The molecule has 0 radical (unpaired) electrons. The van der Waals surface area contributed by atoms with E-state index in [2.05, 4.69) is 11.6 Å². The summed E-state index contributed by atoms with van der Waals surface area (Å²) in [6, 6.07) is 24.9. The number of pyridine rings is 1. The summed E-state index contributed by atoms with van der Waals surface area (Å²) in [4.78, 5) is 25.0. The van der Waals surface area contributed by atoms with E-state index < -0.39 is 0 Å². The highest BCUT2D eigenvalue weighted by Crippen LogP contribution is 2.39. The lowest BCUT2D eigenvalue weighted by molar-refractivity contribution is -0.122. The lowest BCUT2D eigenvalue weighted by Crippen LogP contribution is -2.28. The third-order valence-electron chi connectivity index (χ3n) is 6.38. The second kappa shape index (κ2) is 14.0. The fourth-order valence-electron chi connectivity index (χ4n) is 4.44. The Balaban J connectivity index is 1.50. The minimum absolute atomic E-state index is 0.124. The molecule has 0 bridgehead atoms. The average molecular weight is 596 g/mol. The standard InChI is InChI=1S/C34H30ClN3O3S/c1-3-11-26-18-25(19-30(40-4-2)32(26)41-23-27-13-8-9-16-29(27)35)20-31-33(39)38(22-24-12-10-17-36-21-24)34(42-31)37-28-14-6-5-7-15-28/h3,5-10,12-21H,1,4,11,22-23H2,2H3. The average Bonchev–Trinajstić information content (AvgIpc) is 3.27. The number of amides is 1. The largest absolute Gasteiger partial charge is 0.490 e. The summed E-state index contributed by atoms with van der Waals surface area (Å²) in [6.07, 6.45) is 7.73. The molecule has 3 aromatic carbocycles. The van der Waals surface area contributed by atoms with E-state index in [-0.39, 0.29) is 5.91 Å². The van der Waals surface area contributed by atoms with Gasteiger partial charge in [0.25, 0.3) is 5.91 Å². The summed E-state index contributed by atoms with van der Waals surface area (Å²) in [5, 5.41) is 1.25. The van der Waals surface area contributed by atoms with Gasteiger partial charge in [-0.2, -0.15) is 0 Å². The normalized spacial score (nSPS) is 14.9. The first-order chi connectivity index (χ1) is 20.6. The van der Waals surface area contributed by atoms with E-state index in [0.717, 1.165) is 27.9 Å². The van der Waals surface area contributed by atoms with E-state index in [1.165, 1.54) is 11.8 Å². The Morgan fingerprint density at radius 1 is 1.02 bits per heavy atom. The highest BCUT2D eigenvalue weighted by Gasteiger charge is 2.33. The molecule has 0 N–H and O–H groups in total. The highest BCUT2D eigenvalue weighted by molar-refractivity contribution is 8.18. The second-order valence-electron chi connectivity index (χ2n) is 9.41. The quantitative estimate of drug-likeness (QED) is 0.129. The molecule has 0 spiro atoms. The molecule has 4 aromatic rings. The summed E-state index contributed by atoms with van der Waals surface area (Å²) in [6.45, 7) is 6.97. The number of allylic oxidation sites excluding steroid dienone is 1. The maximum Gasteiger partial charge on any atom is 0.267 e. The molecule has 2 heterocycles. The second-order valence-corrected chi connectivity index (χ2v) is 10.8. The van der Waals surface area contributed by atoms with Crippen molar-refractivity contribution < 1.29 is 14.3 Å². The van der Waals surface area contributed by atoms with Crippen molar-refractivity contribution >= 4 is 46.2 Å². The molecule has 42 heavy (non-hydrogen) atoms. The van der Waals surface area contributed by atoms with E-state index in [1.54, 1.807) is 17.3 Å². The van der Waals surface area contributed by atoms with Crippen LogP contribution in [0.25, 0.3) is 6.08 Å². The summed E-state index contributed by atoms with van der Waals surface area (Å²) in [7, 11) is 0. The number of carbonyl (C=O) groups is 1. The van der Waals surface area contributed by atoms with Gasteiger partial charge >= 0.3 is 0 Å². The Bertz CT molecular complexity index is 1620. The van der Waals surface area contributed by atoms with Gasteiger partial charge in [0.15, 0.2) is 16.7 Å². The number of rotatable bonds is 11. The maximum atomic E-state index is 13.7.